The zero-order valence-electron chi connectivity index (χ0n) is 10.5. The van der Waals surface area contributed by atoms with E-state index in [9.17, 15) is 0 Å². The van der Waals surface area contributed by atoms with Crippen molar-refractivity contribution in [1.29, 1.82) is 0 Å². The number of aryl methyl sites for hydroxylation is 1. The molecule has 0 bridgehead atoms. The Bertz CT molecular complexity index is 442. The highest BCUT2D eigenvalue weighted by Gasteiger charge is 2.38. The van der Waals surface area contributed by atoms with Crippen molar-refractivity contribution < 1.29 is 9.47 Å². The molecule has 1 aliphatic rings. The lowest BCUT2D eigenvalue weighted by molar-refractivity contribution is 0.249. The molecule has 0 amide bonds. The fourth-order valence-electron chi connectivity index (χ4n) is 2.49. The highest BCUT2D eigenvalue weighted by atomic mass is 79.9. The molecule has 4 heteroatoms. The van der Waals surface area contributed by atoms with Crippen LogP contribution in [-0.4, -0.2) is 14.2 Å². The number of halogens is 1. The molecule has 1 aromatic carbocycles. The molecule has 17 heavy (non-hydrogen) atoms. The summed E-state index contributed by atoms with van der Waals surface area (Å²) in [6, 6.07) is 1.99. The van der Waals surface area contributed by atoms with Crippen LogP contribution < -0.4 is 15.2 Å². The molecule has 0 aliphatic heterocycles. The van der Waals surface area contributed by atoms with Crippen molar-refractivity contribution in [2.45, 2.75) is 31.7 Å². The van der Waals surface area contributed by atoms with Gasteiger partial charge in [-0.25, -0.2) is 0 Å². The van der Waals surface area contributed by atoms with E-state index in [1.807, 2.05) is 6.07 Å². The number of benzene rings is 1. The summed E-state index contributed by atoms with van der Waals surface area (Å²) in [6.45, 7) is 2.06. The molecule has 0 saturated heterocycles. The summed E-state index contributed by atoms with van der Waals surface area (Å²) in [5.74, 6) is 1.47. The van der Waals surface area contributed by atoms with Gasteiger partial charge in [0, 0.05) is 5.54 Å². The molecule has 0 unspecified atom stereocenters. The van der Waals surface area contributed by atoms with Gasteiger partial charge in [0.2, 0.25) is 0 Å². The first-order valence-electron chi connectivity index (χ1n) is 5.74. The number of ether oxygens (including phenoxy) is 2. The lowest BCUT2D eigenvalue weighted by Crippen LogP contribution is -2.44. The van der Waals surface area contributed by atoms with Crippen molar-refractivity contribution in [3.8, 4) is 11.5 Å². The summed E-state index contributed by atoms with van der Waals surface area (Å²) in [4.78, 5) is 0. The fraction of sp³-hybridized carbons (Fsp3) is 0.538. The molecule has 0 aromatic heterocycles. The maximum atomic E-state index is 6.41. The highest BCUT2D eigenvalue weighted by molar-refractivity contribution is 9.10. The first-order chi connectivity index (χ1) is 8.03. The first-order valence-corrected chi connectivity index (χ1v) is 6.53. The lowest BCUT2D eigenvalue weighted by atomic mass is 9.71. The topological polar surface area (TPSA) is 44.5 Å². The summed E-state index contributed by atoms with van der Waals surface area (Å²) in [5.41, 5.74) is 8.51. The second-order valence-corrected chi connectivity index (χ2v) is 5.42. The third-order valence-corrected chi connectivity index (χ3v) is 4.31. The average Bonchev–Trinajstić information content (AvgIpc) is 2.25. The van der Waals surface area contributed by atoms with Gasteiger partial charge in [0.15, 0.2) is 11.5 Å². The predicted octanol–water partition coefficient (Wildman–Crippen LogP) is 3.11. The Labute approximate surface area is 110 Å². The van der Waals surface area contributed by atoms with Crippen molar-refractivity contribution >= 4 is 15.9 Å². The monoisotopic (exact) mass is 299 g/mol. The summed E-state index contributed by atoms with van der Waals surface area (Å²) in [5, 5.41) is 0. The van der Waals surface area contributed by atoms with Crippen LogP contribution in [0.3, 0.4) is 0 Å². The van der Waals surface area contributed by atoms with Gasteiger partial charge in [-0.1, -0.05) is 0 Å². The van der Waals surface area contributed by atoms with E-state index in [0.717, 1.165) is 39.9 Å². The zero-order chi connectivity index (χ0) is 12.6. The van der Waals surface area contributed by atoms with Gasteiger partial charge < -0.3 is 15.2 Å². The molecule has 1 fully saturated rings. The van der Waals surface area contributed by atoms with E-state index >= 15 is 0 Å². The molecule has 1 aromatic rings. The molecule has 2 rings (SSSR count). The molecule has 0 atom stereocenters. The van der Waals surface area contributed by atoms with E-state index in [-0.39, 0.29) is 5.54 Å². The third-order valence-electron chi connectivity index (χ3n) is 3.55. The van der Waals surface area contributed by atoms with Crippen molar-refractivity contribution in [3.63, 3.8) is 0 Å². The van der Waals surface area contributed by atoms with E-state index in [1.165, 1.54) is 6.42 Å². The summed E-state index contributed by atoms with van der Waals surface area (Å²) >= 11 is 3.61. The minimum absolute atomic E-state index is 0.206. The van der Waals surface area contributed by atoms with Crippen molar-refractivity contribution in [2.24, 2.45) is 5.73 Å². The van der Waals surface area contributed by atoms with Gasteiger partial charge in [-0.3, -0.25) is 0 Å². The molecule has 2 N–H and O–H groups in total. The number of hydrogen-bond donors (Lipinski definition) is 1. The van der Waals surface area contributed by atoms with Crippen LogP contribution in [0.2, 0.25) is 0 Å². The van der Waals surface area contributed by atoms with E-state index in [1.54, 1.807) is 14.2 Å². The van der Waals surface area contributed by atoms with Crippen LogP contribution in [0.5, 0.6) is 11.5 Å². The Kier molecular flexibility index (Phi) is 3.36. The quantitative estimate of drug-likeness (QED) is 0.933. The second kappa shape index (κ2) is 4.50. The van der Waals surface area contributed by atoms with Crippen molar-refractivity contribution in [2.75, 3.05) is 14.2 Å². The second-order valence-electron chi connectivity index (χ2n) is 4.63. The van der Waals surface area contributed by atoms with Crippen LogP contribution in [0, 0.1) is 6.92 Å². The Morgan fingerprint density at radius 2 is 1.94 bits per heavy atom. The number of methoxy groups -OCH3 is 2. The zero-order valence-corrected chi connectivity index (χ0v) is 12.1. The van der Waals surface area contributed by atoms with E-state index in [4.69, 9.17) is 15.2 Å². The van der Waals surface area contributed by atoms with Crippen LogP contribution >= 0.6 is 15.9 Å². The largest absolute Gasteiger partial charge is 0.493 e. The Morgan fingerprint density at radius 1 is 1.29 bits per heavy atom. The molecular formula is C13H18BrNO2. The molecule has 1 aliphatic carbocycles. The summed E-state index contributed by atoms with van der Waals surface area (Å²) < 4.78 is 11.7. The maximum Gasteiger partial charge on any atom is 0.175 e. The number of hydrogen-bond acceptors (Lipinski definition) is 3. The van der Waals surface area contributed by atoms with E-state index in [2.05, 4.69) is 22.9 Å². The van der Waals surface area contributed by atoms with Crippen molar-refractivity contribution in [3.05, 3.63) is 21.7 Å². The van der Waals surface area contributed by atoms with Gasteiger partial charge in [0.25, 0.3) is 0 Å². The maximum absolute atomic E-state index is 6.41. The van der Waals surface area contributed by atoms with E-state index in [0.29, 0.717) is 0 Å². The molecule has 3 nitrogen and oxygen atoms in total. The van der Waals surface area contributed by atoms with Gasteiger partial charge in [0.1, 0.15) is 0 Å². The molecule has 0 heterocycles. The van der Waals surface area contributed by atoms with Crippen LogP contribution in [0.15, 0.2) is 10.5 Å². The molecule has 0 spiro atoms. The van der Waals surface area contributed by atoms with Crippen LogP contribution in [0.25, 0.3) is 0 Å². The SMILES string of the molecule is COc1cc(C)c(C2(N)CCC2)c(Br)c1OC. The molecular weight excluding hydrogens is 282 g/mol. The smallest absolute Gasteiger partial charge is 0.175 e. The average molecular weight is 300 g/mol. The minimum atomic E-state index is -0.206. The van der Waals surface area contributed by atoms with Crippen LogP contribution in [0.4, 0.5) is 0 Å². The van der Waals surface area contributed by atoms with E-state index < -0.39 is 0 Å². The summed E-state index contributed by atoms with van der Waals surface area (Å²) in [7, 11) is 3.29. The fourth-order valence-corrected chi connectivity index (χ4v) is 3.55. The highest BCUT2D eigenvalue weighted by Crippen LogP contribution is 2.48. The summed E-state index contributed by atoms with van der Waals surface area (Å²) in [6.07, 6.45) is 3.25. The number of rotatable bonds is 3. The van der Waals surface area contributed by atoms with Gasteiger partial charge in [-0.05, 0) is 59.3 Å². The van der Waals surface area contributed by atoms with Crippen LogP contribution in [0.1, 0.15) is 30.4 Å². The Morgan fingerprint density at radius 3 is 2.35 bits per heavy atom. The third kappa shape index (κ3) is 1.93. The Hall–Kier alpha value is -0.740. The van der Waals surface area contributed by atoms with Gasteiger partial charge in [-0.2, -0.15) is 0 Å². The molecule has 94 valence electrons. The first kappa shape index (κ1) is 12.7. The molecule has 1 saturated carbocycles. The van der Waals surface area contributed by atoms with Crippen LogP contribution in [-0.2, 0) is 5.54 Å². The van der Waals surface area contributed by atoms with Gasteiger partial charge in [-0.15, -0.1) is 0 Å². The number of nitrogens with two attached hydrogens (primary N) is 1. The van der Waals surface area contributed by atoms with Gasteiger partial charge in [0.05, 0.1) is 18.7 Å². The Balaban J connectivity index is 2.60. The standard InChI is InChI=1S/C13H18BrNO2/c1-8-7-9(16-2)12(17-3)11(14)10(8)13(15)5-4-6-13/h7H,4-6,15H2,1-3H3. The van der Waals surface area contributed by atoms with Gasteiger partial charge >= 0.3 is 0 Å². The normalized spacial score (nSPS) is 17.5. The van der Waals surface area contributed by atoms with Crippen molar-refractivity contribution in [1.82, 2.24) is 0 Å². The molecule has 0 radical (unpaired) electrons. The minimum Gasteiger partial charge on any atom is -0.493 e. The lowest BCUT2D eigenvalue weighted by Gasteiger charge is -2.40. The predicted molar refractivity (Wildman–Crippen MR) is 71.7 cm³/mol.